The molecule has 7 nitrogen and oxygen atoms in total. The molecule has 1 aliphatic heterocycles. The number of benzene rings is 1. The van der Waals surface area contributed by atoms with E-state index in [0.717, 1.165) is 0 Å². The summed E-state index contributed by atoms with van der Waals surface area (Å²) in [4.78, 5) is 21.8. The second-order valence-electron chi connectivity index (χ2n) is 4.41. The van der Waals surface area contributed by atoms with Gasteiger partial charge in [0.05, 0.1) is 16.7 Å². The molecule has 0 radical (unpaired) electrons. The lowest BCUT2D eigenvalue weighted by Gasteiger charge is -2.20. The van der Waals surface area contributed by atoms with Crippen molar-refractivity contribution in [3.63, 3.8) is 0 Å². The number of nitrogens with one attached hydrogen (secondary N) is 2. The van der Waals surface area contributed by atoms with Crippen LogP contribution in [0.25, 0.3) is 0 Å². The maximum Gasteiger partial charge on any atom is 0.296 e. The summed E-state index contributed by atoms with van der Waals surface area (Å²) >= 11 is 0. The molecule has 1 aromatic rings. The molecule has 1 heterocycles. The van der Waals surface area contributed by atoms with Crippen molar-refractivity contribution < 1.29 is 14.5 Å². The SMILES string of the molecule is C#CCC(C)Nc1cc2c(cc1[N+](=O)[O-])OCC(=O)N2. The van der Waals surface area contributed by atoms with Gasteiger partial charge in [-0.05, 0) is 13.0 Å². The van der Waals surface area contributed by atoms with Crippen molar-refractivity contribution in [2.45, 2.75) is 19.4 Å². The maximum atomic E-state index is 11.3. The van der Waals surface area contributed by atoms with Crippen molar-refractivity contribution in [1.82, 2.24) is 0 Å². The Kier molecular flexibility index (Phi) is 3.75. The molecule has 1 unspecified atom stereocenters. The zero-order valence-corrected chi connectivity index (χ0v) is 10.8. The second kappa shape index (κ2) is 5.48. The van der Waals surface area contributed by atoms with Gasteiger partial charge in [-0.2, -0.15) is 0 Å². The summed E-state index contributed by atoms with van der Waals surface area (Å²) in [5.74, 6) is 2.47. The van der Waals surface area contributed by atoms with E-state index in [2.05, 4.69) is 16.6 Å². The fourth-order valence-electron chi connectivity index (χ4n) is 1.88. The molecule has 0 spiro atoms. The van der Waals surface area contributed by atoms with Crippen molar-refractivity contribution in [2.24, 2.45) is 0 Å². The van der Waals surface area contributed by atoms with Crippen LogP contribution in [0.2, 0.25) is 0 Å². The van der Waals surface area contributed by atoms with Gasteiger partial charge in [-0.1, -0.05) is 0 Å². The standard InChI is InChI=1S/C13H13N3O4/c1-3-4-8(2)14-9-5-10-12(6-11(9)16(18)19)20-7-13(17)15-10/h1,5-6,8,14H,4,7H2,2H3,(H,15,17). The van der Waals surface area contributed by atoms with Gasteiger partial charge in [0.25, 0.3) is 11.6 Å². The van der Waals surface area contributed by atoms with E-state index < -0.39 is 4.92 Å². The number of anilines is 2. The average molecular weight is 275 g/mol. The quantitative estimate of drug-likeness (QED) is 0.496. The van der Waals surface area contributed by atoms with Crippen molar-refractivity contribution in [3.8, 4) is 18.1 Å². The van der Waals surface area contributed by atoms with Gasteiger partial charge < -0.3 is 15.4 Å². The molecule has 1 aromatic carbocycles. The summed E-state index contributed by atoms with van der Waals surface area (Å²) in [6.45, 7) is 1.67. The number of hydrogen-bond acceptors (Lipinski definition) is 5. The Balaban J connectivity index is 2.38. The molecule has 1 aliphatic rings. The number of hydrogen-bond donors (Lipinski definition) is 2. The summed E-state index contributed by atoms with van der Waals surface area (Å²) in [5, 5.41) is 16.7. The van der Waals surface area contributed by atoms with Gasteiger partial charge in [-0.3, -0.25) is 14.9 Å². The minimum atomic E-state index is -0.509. The van der Waals surface area contributed by atoms with Crippen LogP contribution in [-0.2, 0) is 4.79 Å². The number of nitro benzene ring substituents is 1. The van der Waals surface area contributed by atoms with E-state index in [1.54, 1.807) is 0 Å². The Labute approximate surface area is 115 Å². The highest BCUT2D eigenvalue weighted by atomic mass is 16.6. The highest BCUT2D eigenvalue weighted by Gasteiger charge is 2.24. The Hall–Kier alpha value is -2.75. The number of rotatable bonds is 4. The highest BCUT2D eigenvalue weighted by Crippen LogP contribution is 2.38. The molecule has 1 amide bonds. The predicted octanol–water partition coefficient (Wildman–Crippen LogP) is 1.75. The van der Waals surface area contributed by atoms with Crippen molar-refractivity contribution >= 4 is 23.0 Å². The Morgan fingerprint density at radius 1 is 1.65 bits per heavy atom. The van der Waals surface area contributed by atoms with Crippen LogP contribution in [0.1, 0.15) is 13.3 Å². The molecule has 0 aromatic heterocycles. The monoisotopic (exact) mass is 275 g/mol. The zero-order chi connectivity index (χ0) is 14.7. The van der Waals surface area contributed by atoms with Crippen LogP contribution in [0.5, 0.6) is 5.75 Å². The summed E-state index contributed by atoms with van der Waals surface area (Å²) < 4.78 is 5.16. The molecule has 0 saturated carbocycles. The minimum Gasteiger partial charge on any atom is -0.481 e. The van der Waals surface area contributed by atoms with Crippen LogP contribution in [0.3, 0.4) is 0 Å². The number of carbonyl (C=O) groups is 1. The molecular formula is C13H13N3O4. The van der Waals surface area contributed by atoms with E-state index in [1.807, 2.05) is 6.92 Å². The van der Waals surface area contributed by atoms with Gasteiger partial charge in [0.2, 0.25) is 0 Å². The lowest BCUT2D eigenvalue weighted by atomic mass is 10.1. The predicted molar refractivity (Wildman–Crippen MR) is 73.8 cm³/mol. The summed E-state index contributed by atoms with van der Waals surface area (Å²) in [6.07, 6.45) is 5.64. The van der Waals surface area contributed by atoms with Gasteiger partial charge in [0.15, 0.2) is 12.4 Å². The fraction of sp³-hybridized carbons (Fsp3) is 0.308. The van der Waals surface area contributed by atoms with Crippen LogP contribution in [0, 0.1) is 22.5 Å². The first-order valence-electron chi connectivity index (χ1n) is 5.96. The number of ether oxygens (including phenoxy) is 1. The number of nitrogens with zero attached hydrogens (tertiary/aromatic N) is 1. The molecule has 0 saturated heterocycles. The minimum absolute atomic E-state index is 0.122. The third-order valence-electron chi connectivity index (χ3n) is 2.75. The normalized spacial score (nSPS) is 14.3. The Bertz CT molecular complexity index is 606. The number of amides is 1. The molecule has 20 heavy (non-hydrogen) atoms. The van der Waals surface area contributed by atoms with E-state index in [-0.39, 0.29) is 30.0 Å². The van der Waals surface area contributed by atoms with E-state index in [9.17, 15) is 14.9 Å². The van der Waals surface area contributed by atoms with Crippen molar-refractivity contribution in [3.05, 3.63) is 22.2 Å². The van der Waals surface area contributed by atoms with Crippen LogP contribution < -0.4 is 15.4 Å². The van der Waals surface area contributed by atoms with Gasteiger partial charge in [0, 0.05) is 12.5 Å². The third-order valence-corrected chi connectivity index (χ3v) is 2.75. The Morgan fingerprint density at radius 3 is 3.05 bits per heavy atom. The lowest BCUT2D eigenvalue weighted by molar-refractivity contribution is -0.384. The van der Waals surface area contributed by atoms with Crippen molar-refractivity contribution in [1.29, 1.82) is 0 Å². The number of fused-ring (bicyclic) bond motifs is 1. The van der Waals surface area contributed by atoms with Crippen LogP contribution in [0.15, 0.2) is 12.1 Å². The van der Waals surface area contributed by atoms with Crippen molar-refractivity contribution in [2.75, 3.05) is 17.2 Å². The second-order valence-corrected chi connectivity index (χ2v) is 4.41. The van der Waals surface area contributed by atoms with Gasteiger partial charge >= 0.3 is 0 Å². The smallest absolute Gasteiger partial charge is 0.296 e. The Morgan fingerprint density at radius 2 is 2.40 bits per heavy atom. The maximum absolute atomic E-state index is 11.3. The van der Waals surface area contributed by atoms with Crippen LogP contribution >= 0.6 is 0 Å². The molecule has 0 fully saturated rings. The largest absolute Gasteiger partial charge is 0.481 e. The third kappa shape index (κ3) is 2.80. The molecule has 0 aliphatic carbocycles. The highest BCUT2D eigenvalue weighted by molar-refractivity contribution is 5.96. The van der Waals surface area contributed by atoms with Crippen LogP contribution in [-0.4, -0.2) is 23.5 Å². The van der Waals surface area contributed by atoms with E-state index in [4.69, 9.17) is 11.2 Å². The van der Waals surface area contributed by atoms with Gasteiger partial charge in [-0.15, -0.1) is 12.3 Å². The lowest BCUT2D eigenvalue weighted by Crippen LogP contribution is -2.26. The number of nitro groups is 1. The van der Waals surface area contributed by atoms with Crippen LogP contribution in [0.4, 0.5) is 17.1 Å². The van der Waals surface area contributed by atoms with E-state index in [1.165, 1.54) is 12.1 Å². The molecule has 104 valence electrons. The van der Waals surface area contributed by atoms with Gasteiger partial charge in [-0.25, -0.2) is 0 Å². The average Bonchev–Trinajstić information content (AvgIpc) is 2.37. The first-order chi connectivity index (χ1) is 9.51. The summed E-state index contributed by atoms with van der Waals surface area (Å²) in [7, 11) is 0. The zero-order valence-electron chi connectivity index (χ0n) is 10.8. The molecule has 1 atom stereocenters. The molecule has 0 bridgehead atoms. The molecular weight excluding hydrogens is 262 g/mol. The summed E-state index contributed by atoms with van der Waals surface area (Å²) in [5.41, 5.74) is 0.577. The number of terminal acetylenes is 1. The summed E-state index contributed by atoms with van der Waals surface area (Å²) in [6, 6.07) is 2.65. The first kappa shape index (κ1) is 13.7. The van der Waals surface area contributed by atoms with E-state index >= 15 is 0 Å². The molecule has 7 heteroatoms. The molecule has 2 N–H and O–H groups in total. The topological polar surface area (TPSA) is 93.5 Å². The van der Waals surface area contributed by atoms with Gasteiger partial charge in [0.1, 0.15) is 5.69 Å². The first-order valence-corrected chi connectivity index (χ1v) is 5.96. The number of carbonyl (C=O) groups excluding carboxylic acids is 1. The molecule has 2 rings (SSSR count). The fourth-order valence-corrected chi connectivity index (χ4v) is 1.88. The van der Waals surface area contributed by atoms with E-state index in [0.29, 0.717) is 17.8 Å².